The number of benzene rings is 7. The van der Waals surface area contributed by atoms with Crippen LogP contribution in [0.4, 0.5) is 13.2 Å². The summed E-state index contributed by atoms with van der Waals surface area (Å²) in [6.07, 6.45) is -4.44. The first kappa shape index (κ1) is 22.6. The molecule has 0 atom stereocenters. The molecule has 0 saturated heterocycles. The molecule has 0 heterocycles. The van der Waals surface area contributed by atoms with Gasteiger partial charge in [0.05, 0.1) is 5.56 Å². The number of hydrogen-bond donors (Lipinski definition) is 0. The summed E-state index contributed by atoms with van der Waals surface area (Å²) in [6, 6.07) is 40.8. The van der Waals surface area contributed by atoms with Gasteiger partial charge in [-0.3, -0.25) is 0 Å². The predicted molar refractivity (Wildman–Crippen MR) is 152 cm³/mol. The van der Waals surface area contributed by atoms with Crippen LogP contribution in [0.25, 0.3) is 65.3 Å². The second-order valence-corrected chi connectivity index (χ2v) is 9.68. The minimum absolute atomic E-state index is 0.594. The average molecular weight is 499 g/mol. The van der Waals surface area contributed by atoms with E-state index in [0.29, 0.717) is 5.39 Å². The van der Waals surface area contributed by atoms with E-state index < -0.39 is 11.7 Å². The molecule has 0 radical (unpaired) electrons. The van der Waals surface area contributed by atoms with Crippen molar-refractivity contribution in [2.45, 2.75) is 6.18 Å². The number of halogens is 3. The summed E-state index contributed by atoms with van der Waals surface area (Å²) in [5, 5.41) is 7.69. The van der Waals surface area contributed by atoms with Crippen molar-refractivity contribution in [1.29, 1.82) is 0 Å². The Morgan fingerprint density at radius 1 is 0.368 bits per heavy atom. The molecule has 0 nitrogen and oxygen atoms in total. The molecule has 0 aliphatic heterocycles. The van der Waals surface area contributed by atoms with Gasteiger partial charge < -0.3 is 0 Å². The van der Waals surface area contributed by atoms with E-state index in [1.807, 2.05) is 66.7 Å². The van der Waals surface area contributed by atoms with E-state index in [9.17, 15) is 13.2 Å². The monoisotopic (exact) mass is 498 g/mol. The first-order chi connectivity index (χ1) is 18.5. The summed E-state index contributed by atoms with van der Waals surface area (Å²) in [5.74, 6) is 0. The zero-order valence-corrected chi connectivity index (χ0v) is 20.3. The van der Waals surface area contributed by atoms with E-state index in [-0.39, 0.29) is 0 Å². The van der Waals surface area contributed by atoms with Crippen molar-refractivity contribution in [3.63, 3.8) is 0 Å². The van der Waals surface area contributed by atoms with Crippen molar-refractivity contribution in [3.05, 3.63) is 133 Å². The van der Waals surface area contributed by atoms with Crippen LogP contribution >= 0.6 is 0 Å². The maximum Gasteiger partial charge on any atom is 0.416 e. The highest BCUT2D eigenvalue weighted by atomic mass is 19.4. The van der Waals surface area contributed by atoms with Crippen LogP contribution in [0.15, 0.2) is 127 Å². The molecule has 38 heavy (non-hydrogen) atoms. The van der Waals surface area contributed by atoms with Crippen LogP contribution in [0.1, 0.15) is 5.56 Å². The van der Waals surface area contributed by atoms with Gasteiger partial charge >= 0.3 is 6.18 Å². The SMILES string of the molecule is FC(F)(F)c1ccc2c(-c3ccc4ccccc4c3)c3ccccc3c(-c3ccc4ccccc4c3)c2c1. The summed E-state index contributed by atoms with van der Waals surface area (Å²) in [4.78, 5) is 0. The Kier molecular flexibility index (Phi) is 5.02. The standard InChI is InChI=1S/C35H21F3/c36-35(37,38)28-17-18-31-32(21-28)34(27-16-14-23-8-2-4-10-25(23)20-27)30-12-6-5-11-29(30)33(31)26-15-13-22-7-1-3-9-24(22)19-26/h1-21H. The quantitative estimate of drug-likeness (QED) is 0.208. The van der Waals surface area contributed by atoms with Gasteiger partial charge in [0, 0.05) is 0 Å². The molecule has 0 unspecified atom stereocenters. The van der Waals surface area contributed by atoms with Gasteiger partial charge in [-0.2, -0.15) is 13.2 Å². The molecule has 0 amide bonds. The Balaban J connectivity index is 1.64. The van der Waals surface area contributed by atoms with Gasteiger partial charge in [0.2, 0.25) is 0 Å². The fraction of sp³-hybridized carbons (Fsp3) is 0.0286. The second kappa shape index (κ2) is 8.46. The summed E-state index contributed by atoms with van der Waals surface area (Å²) in [7, 11) is 0. The predicted octanol–water partition coefficient (Wildman–Crippen LogP) is 10.7. The molecule has 0 bridgehead atoms. The average Bonchev–Trinajstić information content (AvgIpc) is 2.94. The smallest absolute Gasteiger partial charge is 0.166 e. The van der Waals surface area contributed by atoms with Crippen LogP contribution in [0.2, 0.25) is 0 Å². The normalized spacial score (nSPS) is 12.1. The summed E-state index contributed by atoms with van der Waals surface area (Å²) in [6.45, 7) is 0. The molecule has 7 aromatic rings. The molecule has 0 aliphatic rings. The maximum absolute atomic E-state index is 14.0. The number of alkyl halides is 3. The van der Waals surface area contributed by atoms with Gasteiger partial charge in [-0.25, -0.2) is 0 Å². The van der Waals surface area contributed by atoms with Gasteiger partial charge in [0.25, 0.3) is 0 Å². The van der Waals surface area contributed by atoms with Crippen LogP contribution in [0.5, 0.6) is 0 Å². The Bertz CT molecular complexity index is 2020. The van der Waals surface area contributed by atoms with E-state index in [1.54, 1.807) is 6.07 Å². The van der Waals surface area contributed by atoms with Gasteiger partial charge in [-0.1, -0.05) is 103 Å². The first-order valence-corrected chi connectivity index (χ1v) is 12.5. The van der Waals surface area contributed by atoms with Crippen molar-refractivity contribution >= 4 is 43.1 Å². The Hall–Kier alpha value is -4.63. The minimum Gasteiger partial charge on any atom is -0.166 e. The van der Waals surface area contributed by atoms with E-state index in [1.165, 1.54) is 12.1 Å². The molecular weight excluding hydrogens is 477 g/mol. The Labute approximate surface area is 217 Å². The summed E-state index contributed by atoms with van der Waals surface area (Å²) in [5.41, 5.74) is 2.99. The highest BCUT2D eigenvalue weighted by molar-refractivity contribution is 6.22. The van der Waals surface area contributed by atoms with Crippen molar-refractivity contribution in [2.75, 3.05) is 0 Å². The van der Waals surface area contributed by atoms with Crippen LogP contribution in [0, 0.1) is 0 Å². The van der Waals surface area contributed by atoms with Gasteiger partial charge in [0.1, 0.15) is 0 Å². The number of hydrogen-bond acceptors (Lipinski definition) is 0. The zero-order valence-electron chi connectivity index (χ0n) is 20.3. The van der Waals surface area contributed by atoms with Crippen LogP contribution in [0.3, 0.4) is 0 Å². The van der Waals surface area contributed by atoms with Crippen molar-refractivity contribution in [2.24, 2.45) is 0 Å². The molecule has 7 rings (SSSR count). The molecule has 0 saturated carbocycles. The van der Waals surface area contributed by atoms with E-state index >= 15 is 0 Å². The molecule has 0 spiro atoms. The van der Waals surface area contributed by atoms with E-state index in [2.05, 4.69) is 42.5 Å². The van der Waals surface area contributed by atoms with Crippen molar-refractivity contribution in [3.8, 4) is 22.3 Å². The lowest BCUT2D eigenvalue weighted by molar-refractivity contribution is -0.137. The molecule has 0 N–H and O–H groups in total. The highest BCUT2D eigenvalue weighted by Gasteiger charge is 2.31. The lowest BCUT2D eigenvalue weighted by atomic mass is 9.84. The Morgan fingerprint density at radius 3 is 1.34 bits per heavy atom. The Morgan fingerprint density at radius 2 is 0.816 bits per heavy atom. The molecule has 7 aromatic carbocycles. The minimum atomic E-state index is -4.44. The molecule has 182 valence electrons. The largest absolute Gasteiger partial charge is 0.416 e. The van der Waals surface area contributed by atoms with Gasteiger partial charge in [0.15, 0.2) is 0 Å². The maximum atomic E-state index is 14.0. The zero-order chi connectivity index (χ0) is 25.9. The van der Waals surface area contributed by atoms with Crippen molar-refractivity contribution in [1.82, 2.24) is 0 Å². The third-order valence-electron chi connectivity index (χ3n) is 7.43. The molecular formula is C35H21F3. The third-order valence-corrected chi connectivity index (χ3v) is 7.43. The fourth-order valence-electron chi connectivity index (χ4n) is 5.67. The molecule has 3 heteroatoms. The first-order valence-electron chi connectivity index (χ1n) is 12.5. The van der Waals surface area contributed by atoms with Gasteiger partial charge in [-0.15, -0.1) is 0 Å². The van der Waals surface area contributed by atoms with Crippen LogP contribution in [-0.2, 0) is 6.18 Å². The van der Waals surface area contributed by atoms with E-state index in [4.69, 9.17) is 0 Å². The van der Waals surface area contributed by atoms with Crippen molar-refractivity contribution < 1.29 is 13.2 Å². The molecule has 0 aromatic heterocycles. The highest BCUT2D eigenvalue weighted by Crippen LogP contribution is 2.46. The summed E-state index contributed by atoms with van der Waals surface area (Å²) >= 11 is 0. The lowest BCUT2D eigenvalue weighted by Crippen LogP contribution is -2.04. The molecule has 0 aliphatic carbocycles. The number of fused-ring (bicyclic) bond motifs is 4. The van der Waals surface area contributed by atoms with Crippen LogP contribution in [-0.4, -0.2) is 0 Å². The van der Waals surface area contributed by atoms with Gasteiger partial charge in [-0.05, 0) is 89.6 Å². The van der Waals surface area contributed by atoms with Crippen LogP contribution < -0.4 is 0 Å². The molecule has 0 fully saturated rings. The topological polar surface area (TPSA) is 0 Å². The fourth-order valence-corrected chi connectivity index (χ4v) is 5.67. The lowest BCUT2D eigenvalue weighted by Gasteiger charge is -2.19. The summed E-state index contributed by atoms with van der Waals surface area (Å²) < 4.78 is 41.9. The third kappa shape index (κ3) is 3.62. The number of rotatable bonds is 2. The second-order valence-electron chi connectivity index (χ2n) is 9.68. The van der Waals surface area contributed by atoms with E-state index in [0.717, 1.165) is 60.0 Å².